The minimum Gasteiger partial charge on any atom is -0.332 e. The van der Waals surface area contributed by atoms with E-state index in [1.807, 2.05) is 25.6 Å². The maximum Gasteiger partial charge on any atom is 0.175 e. The lowest BCUT2D eigenvalue weighted by Gasteiger charge is -2.13. The van der Waals surface area contributed by atoms with Crippen LogP contribution in [-0.2, 0) is 7.05 Å². The van der Waals surface area contributed by atoms with Gasteiger partial charge in [-0.15, -0.1) is 0 Å². The molecule has 0 amide bonds. The summed E-state index contributed by atoms with van der Waals surface area (Å²) >= 11 is 5.39. The molecule has 1 aromatic heterocycles. The standard InChI is InChI=1S/C15H20N4S/c1-9-6-7-10(2)13(8-9)16-15(20)17-14-11(3)18-19(5)12(14)4/h6-8H,1-5H3,(H2,16,17,20). The molecule has 5 heteroatoms. The average Bonchev–Trinajstić information content (AvgIpc) is 2.61. The lowest BCUT2D eigenvalue weighted by Crippen LogP contribution is -2.20. The Bertz CT molecular complexity index is 658. The number of aryl methyl sites for hydroxylation is 4. The van der Waals surface area contributed by atoms with Gasteiger partial charge in [0, 0.05) is 12.7 Å². The number of rotatable bonds is 2. The van der Waals surface area contributed by atoms with Gasteiger partial charge in [-0.05, 0) is 57.1 Å². The van der Waals surface area contributed by atoms with Crippen molar-refractivity contribution in [1.82, 2.24) is 9.78 Å². The van der Waals surface area contributed by atoms with Gasteiger partial charge in [0.2, 0.25) is 0 Å². The van der Waals surface area contributed by atoms with Crippen LogP contribution in [0.2, 0.25) is 0 Å². The van der Waals surface area contributed by atoms with Crippen molar-refractivity contribution in [2.24, 2.45) is 7.05 Å². The Morgan fingerprint density at radius 3 is 2.45 bits per heavy atom. The number of hydrogen-bond donors (Lipinski definition) is 2. The van der Waals surface area contributed by atoms with E-state index in [4.69, 9.17) is 12.2 Å². The number of thiocarbonyl (C=S) groups is 1. The third-order valence-corrected chi connectivity index (χ3v) is 3.59. The first kappa shape index (κ1) is 14.5. The number of aromatic nitrogens is 2. The molecule has 0 saturated heterocycles. The van der Waals surface area contributed by atoms with Crippen LogP contribution in [0.5, 0.6) is 0 Å². The quantitative estimate of drug-likeness (QED) is 0.830. The summed E-state index contributed by atoms with van der Waals surface area (Å²) in [6.45, 7) is 8.11. The van der Waals surface area contributed by atoms with Gasteiger partial charge in [0.15, 0.2) is 5.11 Å². The minimum atomic E-state index is 0.581. The molecular formula is C15H20N4S. The molecule has 2 rings (SSSR count). The summed E-state index contributed by atoms with van der Waals surface area (Å²) in [6, 6.07) is 6.26. The van der Waals surface area contributed by atoms with Gasteiger partial charge in [-0.3, -0.25) is 4.68 Å². The Morgan fingerprint density at radius 2 is 1.85 bits per heavy atom. The molecule has 2 aromatic rings. The molecule has 1 aromatic carbocycles. The fourth-order valence-electron chi connectivity index (χ4n) is 2.09. The van der Waals surface area contributed by atoms with E-state index in [-0.39, 0.29) is 0 Å². The highest BCUT2D eigenvalue weighted by Gasteiger charge is 2.11. The fraction of sp³-hybridized carbons (Fsp3) is 0.333. The zero-order chi connectivity index (χ0) is 14.9. The van der Waals surface area contributed by atoms with Gasteiger partial charge in [0.25, 0.3) is 0 Å². The Labute approximate surface area is 125 Å². The Balaban J connectivity index is 2.15. The average molecular weight is 288 g/mol. The minimum absolute atomic E-state index is 0.581. The van der Waals surface area contributed by atoms with Crippen molar-refractivity contribution in [3.05, 3.63) is 40.7 Å². The van der Waals surface area contributed by atoms with Crippen LogP contribution in [0.1, 0.15) is 22.5 Å². The van der Waals surface area contributed by atoms with E-state index in [0.29, 0.717) is 5.11 Å². The molecule has 2 N–H and O–H groups in total. The SMILES string of the molecule is Cc1ccc(C)c(NC(=S)Nc2c(C)nn(C)c2C)c1. The van der Waals surface area contributed by atoms with Crippen LogP contribution in [0.3, 0.4) is 0 Å². The molecule has 106 valence electrons. The van der Waals surface area contributed by atoms with Gasteiger partial charge in [-0.1, -0.05) is 12.1 Å². The van der Waals surface area contributed by atoms with Gasteiger partial charge >= 0.3 is 0 Å². The lowest BCUT2D eigenvalue weighted by molar-refractivity contribution is 0.731. The third kappa shape index (κ3) is 2.99. The number of anilines is 2. The van der Waals surface area contributed by atoms with E-state index in [1.54, 1.807) is 0 Å². The monoisotopic (exact) mass is 288 g/mol. The van der Waals surface area contributed by atoms with Crippen molar-refractivity contribution in [2.45, 2.75) is 27.7 Å². The molecule has 0 radical (unpaired) electrons. The van der Waals surface area contributed by atoms with Gasteiger partial charge in [0.05, 0.1) is 17.1 Å². The summed E-state index contributed by atoms with van der Waals surface area (Å²) in [5.41, 5.74) is 6.37. The molecule has 0 fully saturated rings. The van der Waals surface area contributed by atoms with E-state index in [0.717, 1.165) is 22.8 Å². The number of benzene rings is 1. The van der Waals surface area contributed by atoms with E-state index in [9.17, 15) is 0 Å². The van der Waals surface area contributed by atoms with Crippen LogP contribution < -0.4 is 10.6 Å². The fourth-order valence-corrected chi connectivity index (χ4v) is 2.30. The molecule has 0 bridgehead atoms. The molecule has 0 aliphatic rings. The second-order valence-electron chi connectivity index (χ2n) is 5.07. The maximum atomic E-state index is 5.39. The van der Waals surface area contributed by atoms with Crippen LogP contribution >= 0.6 is 12.2 Å². The maximum absolute atomic E-state index is 5.39. The molecule has 0 aliphatic heterocycles. The first-order chi connectivity index (χ1) is 9.38. The molecule has 0 unspecified atom stereocenters. The van der Waals surface area contributed by atoms with Crippen LogP contribution in [0.15, 0.2) is 18.2 Å². The van der Waals surface area contributed by atoms with E-state index in [2.05, 4.69) is 47.8 Å². The van der Waals surface area contributed by atoms with Crippen molar-refractivity contribution in [2.75, 3.05) is 10.6 Å². The topological polar surface area (TPSA) is 41.9 Å². The van der Waals surface area contributed by atoms with Gasteiger partial charge in [-0.2, -0.15) is 5.10 Å². The second kappa shape index (κ2) is 5.63. The third-order valence-electron chi connectivity index (χ3n) is 3.39. The summed E-state index contributed by atoms with van der Waals surface area (Å²) in [7, 11) is 1.93. The molecule has 0 atom stereocenters. The molecule has 0 spiro atoms. The highest BCUT2D eigenvalue weighted by molar-refractivity contribution is 7.80. The van der Waals surface area contributed by atoms with Crippen molar-refractivity contribution < 1.29 is 0 Å². The second-order valence-corrected chi connectivity index (χ2v) is 5.48. The van der Waals surface area contributed by atoms with E-state index >= 15 is 0 Å². The number of hydrogen-bond acceptors (Lipinski definition) is 2. The molecule has 1 heterocycles. The first-order valence-electron chi connectivity index (χ1n) is 6.54. The summed E-state index contributed by atoms with van der Waals surface area (Å²) in [5, 5.41) is 11.4. The van der Waals surface area contributed by atoms with E-state index < -0.39 is 0 Å². The summed E-state index contributed by atoms with van der Waals surface area (Å²) in [4.78, 5) is 0. The predicted octanol–water partition coefficient (Wildman–Crippen LogP) is 3.46. The Hall–Kier alpha value is -1.88. The van der Waals surface area contributed by atoms with Crippen LogP contribution in [0.4, 0.5) is 11.4 Å². The zero-order valence-corrected chi connectivity index (χ0v) is 13.4. The van der Waals surface area contributed by atoms with Crippen molar-refractivity contribution in [1.29, 1.82) is 0 Å². The van der Waals surface area contributed by atoms with Crippen molar-refractivity contribution in [3.63, 3.8) is 0 Å². The van der Waals surface area contributed by atoms with Gasteiger partial charge in [0.1, 0.15) is 0 Å². The molecular weight excluding hydrogens is 268 g/mol. The van der Waals surface area contributed by atoms with Crippen molar-refractivity contribution in [3.8, 4) is 0 Å². The Morgan fingerprint density at radius 1 is 1.15 bits per heavy atom. The normalized spacial score (nSPS) is 10.4. The zero-order valence-electron chi connectivity index (χ0n) is 12.5. The smallest absolute Gasteiger partial charge is 0.175 e. The summed E-state index contributed by atoms with van der Waals surface area (Å²) in [6.07, 6.45) is 0. The highest BCUT2D eigenvalue weighted by atomic mass is 32.1. The van der Waals surface area contributed by atoms with Crippen LogP contribution in [-0.4, -0.2) is 14.9 Å². The lowest BCUT2D eigenvalue weighted by atomic mass is 10.1. The molecule has 0 saturated carbocycles. The van der Waals surface area contributed by atoms with Gasteiger partial charge in [-0.25, -0.2) is 0 Å². The summed E-state index contributed by atoms with van der Waals surface area (Å²) < 4.78 is 1.85. The molecule has 20 heavy (non-hydrogen) atoms. The van der Waals surface area contributed by atoms with Crippen LogP contribution in [0.25, 0.3) is 0 Å². The predicted molar refractivity (Wildman–Crippen MR) is 88.4 cm³/mol. The number of nitrogens with zero attached hydrogens (tertiary/aromatic N) is 2. The largest absolute Gasteiger partial charge is 0.332 e. The van der Waals surface area contributed by atoms with Crippen LogP contribution in [0, 0.1) is 27.7 Å². The molecule has 4 nitrogen and oxygen atoms in total. The summed E-state index contributed by atoms with van der Waals surface area (Å²) in [5.74, 6) is 0. The molecule has 0 aliphatic carbocycles. The van der Waals surface area contributed by atoms with Gasteiger partial charge < -0.3 is 10.6 Å². The van der Waals surface area contributed by atoms with E-state index in [1.165, 1.54) is 11.1 Å². The highest BCUT2D eigenvalue weighted by Crippen LogP contribution is 2.20. The number of nitrogens with one attached hydrogen (secondary N) is 2. The first-order valence-corrected chi connectivity index (χ1v) is 6.94. The van der Waals surface area contributed by atoms with Crippen molar-refractivity contribution >= 4 is 28.7 Å². The Kier molecular flexibility index (Phi) is 4.09.